The Morgan fingerprint density at radius 2 is 2.03 bits per heavy atom. The molecule has 1 atom stereocenters. The number of likely N-dealkylation sites (N-methyl/N-ethyl adjacent to an activating group) is 1. The first-order valence-corrected chi connectivity index (χ1v) is 10.8. The fraction of sp³-hybridized carbons (Fsp3) is 0.375. The average Bonchev–Trinajstić information content (AvgIpc) is 3.16. The van der Waals surface area contributed by atoms with Crippen molar-refractivity contribution in [3.8, 4) is 5.75 Å². The van der Waals surface area contributed by atoms with E-state index >= 15 is 0 Å². The Balaban J connectivity index is 1.79. The molecule has 1 aliphatic heterocycles. The summed E-state index contributed by atoms with van der Waals surface area (Å²) in [7, 11) is 2.13. The zero-order valence-corrected chi connectivity index (χ0v) is 18.4. The molecule has 1 aromatic heterocycles. The first-order chi connectivity index (χ1) is 14.5. The standard InChI is InChI=1S/C24H27ClN2O3/c1-4-27(5-2)24(28)30-22-14-19-17(13-21(22)25)9-11-26(3)15-20(19)18-8-6-7-16-10-12-29-23(16)18/h6-8,10,12-14,20H,4-5,9,11,15H2,1-3H3. The lowest BCUT2D eigenvalue weighted by atomic mass is 9.87. The van der Waals surface area contributed by atoms with Gasteiger partial charge in [0.1, 0.15) is 5.58 Å². The molecular weight excluding hydrogens is 400 g/mol. The second kappa shape index (κ2) is 8.70. The molecule has 0 aliphatic carbocycles. The minimum absolute atomic E-state index is 0.0884. The quantitative estimate of drug-likeness (QED) is 0.549. The predicted molar refractivity (Wildman–Crippen MR) is 120 cm³/mol. The van der Waals surface area contributed by atoms with Gasteiger partial charge in [0, 0.05) is 43.0 Å². The fourth-order valence-corrected chi connectivity index (χ4v) is 4.46. The molecule has 2 aromatic carbocycles. The minimum Gasteiger partial charge on any atom is -0.464 e. The van der Waals surface area contributed by atoms with Gasteiger partial charge in [0.05, 0.1) is 11.3 Å². The highest BCUT2D eigenvalue weighted by atomic mass is 35.5. The molecule has 3 aromatic rings. The summed E-state index contributed by atoms with van der Waals surface area (Å²) in [6, 6.07) is 12.1. The van der Waals surface area contributed by atoms with Crippen molar-refractivity contribution >= 4 is 28.7 Å². The van der Waals surface area contributed by atoms with Crippen LogP contribution in [0.4, 0.5) is 4.79 Å². The molecule has 2 heterocycles. The van der Waals surface area contributed by atoms with Gasteiger partial charge >= 0.3 is 6.09 Å². The third-order valence-corrected chi connectivity index (χ3v) is 6.23. The SMILES string of the molecule is CCN(CC)C(=O)Oc1cc2c(cc1Cl)CCN(C)CC2c1cccc2ccoc12. The number of hydrogen-bond donors (Lipinski definition) is 0. The monoisotopic (exact) mass is 426 g/mol. The highest BCUT2D eigenvalue weighted by Gasteiger charge is 2.27. The van der Waals surface area contributed by atoms with Crippen LogP contribution in [-0.4, -0.2) is 49.1 Å². The molecule has 5 nitrogen and oxygen atoms in total. The van der Waals surface area contributed by atoms with Gasteiger partial charge < -0.3 is 19.0 Å². The van der Waals surface area contributed by atoms with E-state index in [4.69, 9.17) is 20.8 Å². The van der Waals surface area contributed by atoms with E-state index in [9.17, 15) is 4.79 Å². The number of halogens is 1. The predicted octanol–water partition coefficient (Wildman–Crippen LogP) is 5.55. The minimum atomic E-state index is -0.378. The summed E-state index contributed by atoms with van der Waals surface area (Å²) in [5.74, 6) is 0.499. The molecular formula is C24H27ClN2O3. The Morgan fingerprint density at radius 3 is 2.80 bits per heavy atom. The molecule has 0 fully saturated rings. The second-order valence-corrected chi connectivity index (χ2v) is 8.18. The smallest absolute Gasteiger partial charge is 0.415 e. The van der Waals surface area contributed by atoms with Crippen LogP contribution in [0.25, 0.3) is 11.0 Å². The van der Waals surface area contributed by atoms with Gasteiger partial charge in [0.25, 0.3) is 0 Å². The number of carbonyl (C=O) groups is 1. The number of fused-ring (bicyclic) bond motifs is 2. The molecule has 0 saturated heterocycles. The van der Waals surface area contributed by atoms with E-state index in [0.717, 1.165) is 41.6 Å². The van der Waals surface area contributed by atoms with E-state index in [1.807, 2.05) is 32.0 Å². The summed E-state index contributed by atoms with van der Waals surface area (Å²) in [6.07, 6.45) is 2.24. The molecule has 4 rings (SSSR count). The molecule has 1 aliphatic rings. The number of ether oxygens (including phenoxy) is 1. The Morgan fingerprint density at radius 1 is 1.23 bits per heavy atom. The summed E-state index contributed by atoms with van der Waals surface area (Å²) in [5, 5.41) is 1.55. The van der Waals surface area contributed by atoms with Crippen LogP contribution in [0.2, 0.25) is 5.02 Å². The van der Waals surface area contributed by atoms with Gasteiger partial charge in [-0.3, -0.25) is 0 Å². The normalized spacial score (nSPS) is 16.9. The van der Waals surface area contributed by atoms with Crippen LogP contribution >= 0.6 is 11.6 Å². The average molecular weight is 427 g/mol. The van der Waals surface area contributed by atoms with Gasteiger partial charge in [-0.1, -0.05) is 29.8 Å². The van der Waals surface area contributed by atoms with Gasteiger partial charge in [-0.2, -0.15) is 0 Å². The molecule has 1 amide bonds. The highest BCUT2D eigenvalue weighted by Crippen LogP contribution is 2.39. The van der Waals surface area contributed by atoms with Crippen LogP contribution in [-0.2, 0) is 6.42 Å². The molecule has 0 radical (unpaired) electrons. The highest BCUT2D eigenvalue weighted by molar-refractivity contribution is 6.32. The summed E-state index contributed by atoms with van der Waals surface area (Å²) < 4.78 is 11.5. The number of benzene rings is 2. The van der Waals surface area contributed by atoms with Gasteiger partial charge in [0.15, 0.2) is 5.75 Å². The van der Waals surface area contributed by atoms with E-state index in [1.165, 1.54) is 5.56 Å². The van der Waals surface area contributed by atoms with Gasteiger partial charge in [-0.15, -0.1) is 0 Å². The summed E-state index contributed by atoms with van der Waals surface area (Å²) in [4.78, 5) is 16.5. The second-order valence-electron chi connectivity index (χ2n) is 7.77. The van der Waals surface area contributed by atoms with Crippen molar-refractivity contribution in [1.29, 1.82) is 0 Å². The Labute approximate surface area is 182 Å². The van der Waals surface area contributed by atoms with Crippen LogP contribution in [0.1, 0.15) is 36.5 Å². The van der Waals surface area contributed by atoms with Crippen molar-refractivity contribution in [3.63, 3.8) is 0 Å². The third-order valence-electron chi connectivity index (χ3n) is 5.93. The lowest BCUT2D eigenvalue weighted by Gasteiger charge is -2.23. The molecule has 0 N–H and O–H groups in total. The van der Waals surface area contributed by atoms with E-state index in [-0.39, 0.29) is 12.0 Å². The zero-order valence-electron chi connectivity index (χ0n) is 17.7. The van der Waals surface area contributed by atoms with Crippen LogP contribution in [0, 0.1) is 0 Å². The maximum Gasteiger partial charge on any atom is 0.415 e. The molecule has 1 unspecified atom stereocenters. The number of carbonyl (C=O) groups excluding carboxylic acids is 1. The fourth-order valence-electron chi connectivity index (χ4n) is 4.24. The molecule has 0 spiro atoms. The summed E-state index contributed by atoms with van der Waals surface area (Å²) >= 11 is 6.53. The van der Waals surface area contributed by atoms with E-state index in [1.54, 1.807) is 11.2 Å². The van der Waals surface area contributed by atoms with Gasteiger partial charge in [-0.25, -0.2) is 4.79 Å². The van der Waals surface area contributed by atoms with Crippen LogP contribution < -0.4 is 4.74 Å². The van der Waals surface area contributed by atoms with E-state index < -0.39 is 0 Å². The summed E-state index contributed by atoms with van der Waals surface area (Å²) in [6.45, 7) is 6.82. The lowest BCUT2D eigenvalue weighted by molar-refractivity contribution is 0.157. The van der Waals surface area contributed by atoms with E-state index in [2.05, 4.69) is 30.1 Å². The van der Waals surface area contributed by atoms with E-state index in [0.29, 0.717) is 23.9 Å². The lowest BCUT2D eigenvalue weighted by Crippen LogP contribution is -2.33. The van der Waals surface area contributed by atoms with Crippen molar-refractivity contribution in [2.45, 2.75) is 26.2 Å². The van der Waals surface area contributed by atoms with Crippen molar-refractivity contribution in [3.05, 3.63) is 64.4 Å². The Kier molecular flexibility index (Phi) is 6.02. The number of rotatable bonds is 4. The van der Waals surface area contributed by atoms with Crippen molar-refractivity contribution in [2.75, 3.05) is 33.2 Å². The third kappa shape index (κ3) is 3.92. The zero-order chi connectivity index (χ0) is 21.3. The number of para-hydroxylation sites is 1. The van der Waals surface area contributed by atoms with Crippen molar-refractivity contribution in [1.82, 2.24) is 9.80 Å². The molecule has 0 bridgehead atoms. The number of furan rings is 1. The first kappa shape index (κ1) is 20.8. The van der Waals surface area contributed by atoms with Crippen LogP contribution in [0.5, 0.6) is 5.75 Å². The van der Waals surface area contributed by atoms with Crippen molar-refractivity contribution in [2.24, 2.45) is 0 Å². The first-order valence-electron chi connectivity index (χ1n) is 10.5. The van der Waals surface area contributed by atoms with Gasteiger partial charge in [0.2, 0.25) is 0 Å². The Bertz CT molecular complexity index is 1060. The number of nitrogens with zero attached hydrogens (tertiary/aromatic N) is 2. The largest absolute Gasteiger partial charge is 0.464 e. The number of amides is 1. The van der Waals surface area contributed by atoms with Crippen LogP contribution in [0.3, 0.4) is 0 Å². The molecule has 6 heteroatoms. The summed E-state index contributed by atoms with van der Waals surface area (Å²) in [5.41, 5.74) is 4.35. The van der Waals surface area contributed by atoms with Gasteiger partial charge in [-0.05, 0) is 56.6 Å². The Hall–Kier alpha value is -2.50. The molecule has 158 valence electrons. The van der Waals surface area contributed by atoms with Crippen LogP contribution in [0.15, 0.2) is 47.1 Å². The maximum atomic E-state index is 12.5. The van der Waals surface area contributed by atoms with Crippen molar-refractivity contribution < 1.29 is 13.9 Å². The molecule has 0 saturated carbocycles. The maximum absolute atomic E-state index is 12.5. The topological polar surface area (TPSA) is 45.9 Å². The number of hydrogen-bond acceptors (Lipinski definition) is 4. The molecule has 30 heavy (non-hydrogen) atoms.